The monoisotopic (exact) mass is 303 g/mol. The normalized spacial score (nSPS) is 13.6. The van der Waals surface area contributed by atoms with Crippen LogP contribution in [-0.4, -0.2) is 25.5 Å². The first kappa shape index (κ1) is 12.3. The number of hydrogen-bond acceptors (Lipinski definition) is 4. The van der Waals surface area contributed by atoms with E-state index in [1.54, 1.807) is 6.07 Å². The van der Waals surface area contributed by atoms with Crippen molar-refractivity contribution in [3.8, 4) is 11.5 Å². The number of nitrogens with two attached hydrogens (primary N) is 1. The van der Waals surface area contributed by atoms with Crippen LogP contribution in [0.4, 0.5) is 4.39 Å². The van der Waals surface area contributed by atoms with E-state index in [4.69, 9.17) is 15.2 Å². The van der Waals surface area contributed by atoms with Crippen LogP contribution in [0.2, 0.25) is 0 Å². The summed E-state index contributed by atoms with van der Waals surface area (Å²) in [6.45, 7) is 0.824. The highest BCUT2D eigenvalue weighted by Crippen LogP contribution is 2.39. The Kier molecular flexibility index (Phi) is 3.63. The topological polar surface area (TPSA) is 61.6 Å². The van der Waals surface area contributed by atoms with E-state index in [1.165, 1.54) is 0 Å². The molecule has 92 valence electrons. The summed E-state index contributed by atoms with van der Waals surface area (Å²) < 4.78 is 24.9. The lowest BCUT2D eigenvalue weighted by molar-refractivity contribution is 0.0977. The highest BCUT2D eigenvalue weighted by atomic mass is 79.9. The molecule has 0 aliphatic carbocycles. The molecule has 4 nitrogen and oxygen atoms in total. The van der Waals surface area contributed by atoms with E-state index in [9.17, 15) is 9.18 Å². The van der Waals surface area contributed by atoms with Crippen LogP contribution in [0.25, 0.3) is 0 Å². The second-order valence-electron chi connectivity index (χ2n) is 3.53. The average molecular weight is 304 g/mol. The van der Waals surface area contributed by atoms with Crippen molar-refractivity contribution in [2.24, 2.45) is 5.73 Å². The molecule has 1 aliphatic rings. The molecule has 0 fully saturated rings. The van der Waals surface area contributed by atoms with Gasteiger partial charge in [-0.2, -0.15) is 0 Å². The lowest BCUT2D eigenvalue weighted by Gasteiger charge is -2.20. The Bertz CT molecular complexity index is 465. The molecule has 0 unspecified atom stereocenters. The van der Waals surface area contributed by atoms with Gasteiger partial charge < -0.3 is 15.2 Å². The number of carbonyl (C=O) groups excluding carboxylic acids is 1. The van der Waals surface area contributed by atoms with E-state index in [-0.39, 0.29) is 36.7 Å². The van der Waals surface area contributed by atoms with E-state index < -0.39 is 5.82 Å². The van der Waals surface area contributed by atoms with Gasteiger partial charge in [0.05, 0.1) is 5.56 Å². The number of ketones is 1. The molecule has 1 aromatic rings. The maximum Gasteiger partial charge on any atom is 0.198 e. The van der Waals surface area contributed by atoms with Crippen LogP contribution >= 0.6 is 15.9 Å². The number of Topliss-reactive ketones (excluding diaryl/α,β-unsaturated/α-hetero) is 1. The minimum absolute atomic E-state index is 0.000165. The zero-order valence-corrected chi connectivity index (χ0v) is 10.5. The number of rotatable bonds is 3. The van der Waals surface area contributed by atoms with Gasteiger partial charge in [-0.25, -0.2) is 4.39 Å². The molecule has 0 saturated heterocycles. The summed E-state index contributed by atoms with van der Waals surface area (Å²) in [5, 5.41) is 0. The van der Waals surface area contributed by atoms with Crippen LogP contribution in [0.15, 0.2) is 10.5 Å². The molecule has 0 amide bonds. The smallest absolute Gasteiger partial charge is 0.198 e. The van der Waals surface area contributed by atoms with Crippen molar-refractivity contribution in [1.29, 1.82) is 0 Å². The predicted octanol–water partition coefficient (Wildman–Crippen LogP) is 1.89. The number of ether oxygens (including phenoxy) is 2. The summed E-state index contributed by atoms with van der Waals surface area (Å²) in [7, 11) is 0. The molecule has 0 atom stereocenters. The minimum atomic E-state index is -0.687. The Labute approximate surface area is 106 Å². The second-order valence-corrected chi connectivity index (χ2v) is 4.39. The summed E-state index contributed by atoms with van der Waals surface area (Å²) in [6.07, 6.45) is 0.0924. The lowest BCUT2D eigenvalue weighted by atomic mass is 10.1. The Morgan fingerprint density at radius 2 is 2.18 bits per heavy atom. The van der Waals surface area contributed by atoms with Crippen LogP contribution in [0.5, 0.6) is 11.5 Å². The zero-order chi connectivity index (χ0) is 12.4. The Morgan fingerprint density at radius 1 is 1.47 bits per heavy atom. The summed E-state index contributed by atoms with van der Waals surface area (Å²) >= 11 is 3.16. The van der Waals surface area contributed by atoms with Crippen LogP contribution in [0, 0.1) is 5.82 Å². The van der Waals surface area contributed by atoms with Gasteiger partial charge in [0.1, 0.15) is 13.2 Å². The Morgan fingerprint density at radius 3 is 2.88 bits per heavy atom. The van der Waals surface area contributed by atoms with Gasteiger partial charge in [-0.05, 0) is 28.5 Å². The van der Waals surface area contributed by atoms with Crippen molar-refractivity contribution in [1.82, 2.24) is 0 Å². The molecule has 17 heavy (non-hydrogen) atoms. The lowest BCUT2D eigenvalue weighted by Crippen LogP contribution is -2.18. The maximum atomic E-state index is 14.1. The van der Waals surface area contributed by atoms with Crippen molar-refractivity contribution < 1.29 is 18.7 Å². The largest absolute Gasteiger partial charge is 0.486 e. The van der Waals surface area contributed by atoms with Gasteiger partial charge in [0.25, 0.3) is 0 Å². The Hall–Kier alpha value is -1.14. The summed E-state index contributed by atoms with van der Waals surface area (Å²) in [5.41, 5.74) is 5.26. The highest BCUT2D eigenvalue weighted by Gasteiger charge is 2.25. The number of fused-ring (bicyclic) bond motifs is 1. The molecular formula is C11H11BrFNO3. The van der Waals surface area contributed by atoms with Crippen LogP contribution in [-0.2, 0) is 0 Å². The van der Waals surface area contributed by atoms with Gasteiger partial charge in [0, 0.05) is 10.9 Å². The molecule has 2 N–H and O–H groups in total. The third kappa shape index (κ3) is 2.28. The zero-order valence-electron chi connectivity index (χ0n) is 8.96. The van der Waals surface area contributed by atoms with Crippen molar-refractivity contribution in [2.75, 3.05) is 19.8 Å². The van der Waals surface area contributed by atoms with Gasteiger partial charge in [0.2, 0.25) is 0 Å². The molecule has 1 aliphatic heterocycles. The van der Waals surface area contributed by atoms with E-state index in [0.717, 1.165) is 0 Å². The van der Waals surface area contributed by atoms with Gasteiger partial charge in [0.15, 0.2) is 23.1 Å². The van der Waals surface area contributed by atoms with Crippen molar-refractivity contribution >= 4 is 21.7 Å². The fraction of sp³-hybridized carbons (Fsp3) is 0.364. The predicted molar refractivity (Wildman–Crippen MR) is 63.1 cm³/mol. The first-order chi connectivity index (χ1) is 8.15. The standard InChI is InChI=1S/C11H11BrFNO3/c12-6-5-8-11(17-4-3-16-8)10(13)9(6)7(15)1-2-14/h5H,1-4,14H2. The number of halogens is 2. The van der Waals surface area contributed by atoms with Crippen molar-refractivity contribution in [3.63, 3.8) is 0 Å². The number of carbonyl (C=O) groups is 1. The van der Waals surface area contributed by atoms with Gasteiger partial charge in [-0.15, -0.1) is 0 Å². The highest BCUT2D eigenvalue weighted by molar-refractivity contribution is 9.10. The SMILES string of the molecule is NCCC(=O)c1c(Br)cc2c(c1F)OCCO2. The van der Waals surface area contributed by atoms with Crippen LogP contribution in [0.3, 0.4) is 0 Å². The number of benzene rings is 1. The van der Waals surface area contributed by atoms with E-state index in [0.29, 0.717) is 16.8 Å². The van der Waals surface area contributed by atoms with Crippen molar-refractivity contribution in [2.45, 2.75) is 6.42 Å². The number of hydrogen-bond donors (Lipinski definition) is 1. The first-order valence-corrected chi connectivity index (χ1v) is 5.95. The molecule has 2 rings (SSSR count). The molecule has 1 aromatic carbocycles. The molecule has 6 heteroatoms. The fourth-order valence-electron chi connectivity index (χ4n) is 1.63. The summed E-state index contributed by atoms with van der Waals surface area (Å²) in [5.74, 6) is -0.730. The third-order valence-corrected chi connectivity index (χ3v) is 3.00. The molecular weight excluding hydrogens is 293 g/mol. The Balaban J connectivity index is 2.49. The van der Waals surface area contributed by atoms with Gasteiger partial charge >= 0.3 is 0 Å². The molecule has 0 radical (unpaired) electrons. The maximum absolute atomic E-state index is 14.1. The van der Waals surface area contributed by atoms with Crippen molar-refractivity contribution in [3.05, 3.63) is 21.9 Å². The van der Waals surface area contributed by atoms with Gasteiger partial charge in [-0.3, -0.25) is 4.79 Å². The van der Waals surface area contributed by atoms with E-state index in [1.807, 2.05) is 0 Å². The van der Waals surface area contributed by atoms with E-state index >= 15 is 0 Å². The van der Waals surface area contributed by atoms with Crippen LogP contribution < -0.4 is 15.2 Å². The quantitative estimate of drug-likeness (QED) is 0.866. The summed E-state index contributed by atoms with van der Waals surface area (Å²) in [4.78, 5) is 11.7. The average Bonchev–Trinajstić information content (AvgIpc) is 2.29. The fourth-order valence-corrected chi connectivity index (χ4v) is 2.23. The summed E-state index contributed by atoms with van der Waals surface area (Å²) in [6, 6.07) is 1.54. The third-order valence-electron chi connectivity index (χ3n) is 2.38. The van der Waals surface area contributed by atoms with Gasteiger partial charge in [-0.1, -0.05) is 0 Å². The second kappa shape index (κ2) is 5.01. The first-order valence-electron chi connectivity index (χ1n) is 5.16. The minimum Gasteiger partial charge on any atom is -0.486 e. The molecule has 0 spiro atoms. The molecule has 1 heterocycles. The molecule has 0 aromatic heterocycles. The van der Waals surface area contributed by atoms with Crippen LogP contribution in [0.1, 0.15) is 16.8 Å². The molecule has 0 saturated carbocycles. The molecule has 0 bridgehead atoms. The van der Waals surface area contributed by atoms with E-state index in [2.05, 4.69) is 15.9 Å².